The minimum Gasteiger partial charge on any atom is -0.409 e. The molecule has 17 heavy (non-hydrogen) atoms. The number of hydrogen-bond acceptors (Lipinski definition) is 2. The van der Waals surface area contributed by atoms with E-state index < -0.39 is 0 Å². The normalized spacial score (nSPS) is 23.2. The van der Waals surface area contributed by atoms with Crippen molar-refractivity contribution in [2.24, 2.45) is 22.7 Å². The summed E-state index contributed by atoms with van der Waals surface area (Å²) in [4.78, 5) is 0. The summed E-state index contributed by atoms with van der Waals surface area (Å²) in [6.07, 6.45) is 5.90. The van der Waals surface area contributed by atoms with Crippen LogP contribution in [0.25, 0.3) is 0 Å². The Morgan fingerprint density at radius 3 is 2.06 bits per heavy atom. The van der Waals surface area contributed by atoms with Crippen LogP contribution in [0.15, 0.2) is 42.6 Å². The second-order valence-electron chi connectivity index (χ2n) is 3.38. The molecular weight excluding hydrogens is 212 g/mol. The molecule has 0 aromatic rings. The molecule has 0 aliphatic heterocycles. The first kappa shape index (κ1) is 17.9. The Morgan fingerprint density at radius 1 is 1.29 bits per heavy atom. The Balaban J connectivity index is 0. The van der Waals surface area contributed by atoms with E-state index in [9.17, 15) is 0 Å². The second kappa shape index (κ2) is 11.0. The topological polar surface area (TPSA) is 58.6 Å². The number of amidine groups is 1. The summed E-state index contributed by atoms with van der Waals surface area (Å²) in [5, 5.41) is 11.4. The molecule has 3 heteroatoms. The lowest BCUT2D eigenvalue weighted by molar-refractivity contribution is 0.275. The molecule has 0 aromatic carbocycles. The highest BCUT2D eigenvalue weighted by Gasteiger charge is 2.33. The van der Waals surface area contributed by atoms with Gasteiger partial charge in [-0.2, -0.15) is 0 Å². The maximum atomic E-state index is 8.44. The predicted octanol–water partition coefficient (Wildman–Crippen LogP) is 3.72. The Kier molecular flexibility index (Phi) is 11.6. The maximum absolute atomic E-state index is 8.44. The highest BCUT2D eigenvalue weighted by Crippen LogP contribution is 2.39. The molecule has 0 saturated heterocycles. The first-order valence-corrected chi connectivity index (χ1v) is 5.99. The zero-order valence-electron chi connectivity index (χ0n) is 11.3. The highest BCUT2D eigenvalue weighted by atomic mass is 16.4. The number of nitrogens with zero attached hydrogens (tertiary/aromatic N) is 1. The van der Waals surface area contributed by atoms with Gasteiger partial charge in [-0.25, -0.2) is 0 Å². The number of hydrogen-bond donors (Lipinski definition) is 2. The SMILES string of the molecule is C=C.C=C/C(=C\C)C1CC(/C(N)=N/O)C1.CC. The molecule has 0 amide bonds. The van der Waals surface area contributed by atoms with Gasteiger partial charge in [0.15, 0.2) is 0 Å². The van der Waals surface area contributed by atoms with Crippen molar-refractivity contribution < 1.29 is 5.21 Å². The third kappa shape index (κ3) is 5.38. The zero-order valence-corrected chi connectivity index (χ0v) is 11.3. The van der Waals surface area contributed by atoms with E-state index in [4.69, 9.17) is 10.9 Å². The van der Waals surface area contributed by atoms with Crippen LogP contribution < -0.4 is 5.73 Å². The zero-order chi connectivity index (χ0) is 13.8. The highest BCUT2D eigenvalue weighted by molar-refractivity contribution is 5.83. The van der Waals surface area contributed by atoms with Crippen LogP contribution in [0.1, 0.15) is 33.6 Å². The summed E-state index contributed by atoms with van der Waals surface area (Å²) in [5.41, 5.74) is 6.74. The lowest BCUT2D eigenvalue weighted by atomic mass is 9.70. The van der Waals surface area contributed by atoms with Crippen molar-refractivity contribution in [3.8, 4) is 0 Å². The summed E-state index contributed by atoms with van der Waals surface area (Å²) in [6, 6.07) is 0. The molecule has 0 aromatic heterocycles. The van der Waals surface area contributed by atoms with Crippen molar-refractivity contribution in [3.63, 3.8) is 0 Å². The van der Waals surface area contributed by atoms with Gasteiger partial charge < -0.3 is 10.9 Å². The van der Waals surface area contributed by atoms with E-state index >= 15 is 0 Å². The molecule has 1 fully saturated rings. The van der Waals surface area contributed by atoms with Crippen LogP contribution in [0.4, 0.5) is 0 Å². The standard InChI is InChI=1S/C10H16N2O.C2H6.C2H4/c1-3-7(4-2)8-5-9(6-8)10(11)12-13;2*1-2/h3-4,8-9,13H,1,5-6H2,2H3,(H2,11,12);1-2H3;1-2H2/b7-4+;;. The lowest BCUT2D eigenvalue weighted by Crippen LogP contribution is -2.35. The second-order valence-corrected chi connectivity index (χ2v) is 3.38. The van der Waals surface area contributed by atoms with E-state index in [1.165, 1.54) is 5.57 Å². The number of oxime groups is 1. The van der Waals surface area contributed by atoms with Gasteiger partial charge in [0.2, 0.25) is 0 Å². The number of rotatable bonds is 3. The molecule has 0 atom stereocenters. The molecule has 1 saturated carbocycles. The minimum absolute atomic E-state index is 0.255. The first-order chi connectivity index (χ1) is 8.22. The first-order valence-electron chi connectivity index (χ1n) is 5.99. The molecule has 1 rings (SSSR count). The van der Waals surface area contributed by atoms with E-state index in [1.54, 1.807) is 0 Å². The Bertz CT molecular complexity index is 263. The fourth-order valence-electron chi connectivity index (χ4n) is 1.73. The van der Waals surface area contributed by atoms with Gasteiger partial charge in [-0.15, -0.1) is 13.2 Å². The molecule has 0 radical (unpaired) electrons. The van der Waals surface area contributed by atoms with Gasteiger partial charge in [-0.3, -0.25) is 0 Å². The van der Waals surface area contributed by atoms with Gasteiger partial charge in [0.1, 0.15) is 5.84 Å². The molecule has 0 bridgehead atoms. The van der Waals surface area contributed by atoms with Gasteiger partial charge in [0.25, 0.3) is 0 Å². The van der Waals surface area contributed by atoms with E-state index in [-0.39, 0.29) is 5.92 Å². The minimum atomic E-state index is 0.255. The molecule has 3 nitrogen and oxygen atoms in total. The van der Waals surface area contributed by atoms with Crippen molar-refractivity contribution in [1.82, 2.24) is 0 Å². The number of nitrogens with two attached hydrogens (primary N) is 1. The van der Waals surface area contributed by atoms with Crippen molar-refractivity contribution in [1.29, 1.82) is 0 Å². The predicted molar refractivity (Wildman–Crippen MR) is 76.2 cm³/mol. The quantitative estimate of drug-likeness (QED) is 0.197. The summed E-state index contributed by atoms with van der Waals surface area (Å²) in [7, 11) is 0. The van der Waals surface area contributed by atoms with Crippen LogP contribution >= 0.6 is 0 Å². The van der Waals surface area contributed by atoms with Crippen molar-refractivity contribution in [2.75, 3.05) is 0 Å². The van der Waals surface area contributed by atoms with Gasteiger partial charge in [0, 0.05) is 5.92 Å². The Labute approximate surface area is 105 Å². The molecule has 1 aliphatic rings. The Hall–Kier alpha value is -1.51. The van der Waals surface area contributed by atoms with Crippen LogP contribution in [0.2, 0.25) is 0 Å². The molecule has 0 spiro atoms. The van der Waals surface area contributed by atoms with Crippen molar-refractivity contribution in [2.45, 2.75) is 33.6 Å². The van der Waals surface area contributed by atoms with Crippen LogP contribution in [-0.4, -0.2) is 11.0 Å². The third-order valence-electron chi connectivity index (χ3n) is 2.71. The van der Waals surface area contributed by atoms with Crippen LogP contribution in [0, 0.1) is 11.8 Å². The Morgan fingerprint density at radius 2 is 1.76 bits per heavy atom. The average molecular weight is 238 g/mol. The molecule has 1 aliphatic carbocycles. The smallest absolute Gasteiger partial charge is 0.142 e. The average Bonchev–Trinajstić information content (AvgIpc) is 2.37. The van der Waals surface area contributed by atoms with Crippen LogP contribution in [0.5, 0.6) is 0 Å². The van der Waals surface area contributed by atoms with Crippen LogP contribution in [-0.2, 0) is 0 Å². The van der Waals surface area contributed by atoms with Gasteiger partial charge in [0.05, 0.1) is 0 Å². The van der Waals surface area contributed by atoms with Gasteiger partial charge >= 0.3 is 0 Å². The number of allylic oxidation sites excluding steroid dienone is 3. The molecule has 3 N–H and O–H groups in total. The fraction of sp³-hybridized carbons (Fsp3) is 0.500. The van der Waals surface area contributed by atoms with Crippen molar-refractivity contribution in [3.05, 3.63) is 37.5 Å². The fourth-order valence-corrected chi connectivity index (χ4v) is 1.73. The monoisotopic (exact) mass is 238 g/mol. The van der Waals surface area contributed by atoms with E-state index in [0.29, 0.717) is 11.8 Å². The largest absolute Gasteiger partial charge is 0.409 e. The van der Waals surface area contributed by atoms with Gasteiger partial charge in [-0.05, 0) is 31.3 Å². The summed E-state index contributed by atoms with van der Waals surface area (Å²) < 4.78 is 0. The summed E-state index contributed by atoms with van der Waals surface area (Å²) >= 11 is 0. The maximum Gasteiger partial charge on any atom is 0.142 e. The third-order valence-corrected chi connectivity index (χ3v) is 2.71. The van der Waals surface area contributed by atoms with E-state index in [2.05, 4.69) is 31.0 Å². The van der Waals surface area contributed by atoms with Gasteiger partial charge in [-0.1, -0.05) is 37.7 Å². The van der Waals surface area contributed by atoms with E-state index in [0.717, 1.165) is 12.8 Å². The molecule has 0 heterocycles. The van der Waals surface area contributed by atoms with Crippen LogP contribution in [0.3, 0.4) is 0 Å². The molecule has 98 valence electrons. The molecule has 0 unspecified atom stereocenters. The molecular formula is C14H26N2O. The summed E-state index contributed by atoms with van der Waals surface area (Å²) in [5.74, 6) is 1.16. The van der Waals surface area contributed by atoms with E-state index in [1.807, 2.05) is 26.8 Å². The summed E-state index contributed by atoms with van der Waals surface area (Å²) in [6.45, 7) is 15.8. The lowest BCUT2D eigenvalue weighted by Gasteiger charge is -2.35. The van der Waals surface area contributed by atoms with Crippen molar-refractivity contribution >= 4 is 5.84 Å².